The predicted molar refractivity (Wildman–Crippen MR) is 65.0 cm³/mol. The summed E-state index contributed by atoms with van der Waals surface area (Å²) in [5, 5.41) is 6.06. The van der Waals surface area contributed by atoms with Crippen molar-refractivity contribution in [1.82, 2.24) is 10.2 Å². The predicted octanol–water partition coefficient (Wildman–Crippen LogP) is 1.10. The topological polar surface area (TPSA) is 101 Å². The number of nitrogens with one attached hydrogen (secondary N) is 2. The third kappa shape index (κ3) is 2.39. The molecule has 0 aliphatic carbocycles. The normalized spacial score (nSPS) is 11.4. The number of nitrogens with zero attached hydrogens (tertiary/aromatic N) is 1. The van der Waals surface area contributed by atoms with Crippen molar-refractivity contribution < 1.29 is 8.42 Å². The molecule has 17 heavy (non-hydrogen) atoms. The molecular weight excluding hydrogens is 240 g/mol. The van der Waals surface area contributed by atoms with E-state index in [2.05, 4.69) is 14.9 Å². The number of rotatable bonds is 3. The van der Waals surface area contributed by atoms with Gasteiger partial charge in [0.2, 0.25) is 0 Å². The summed E-state index contributed by atoms with van der Waals surface area (Å²) in [7, 11) is -3.59. The van der Waals surface area contributed by atoms with Crippen molar-refractivity contribution in [1.29, 1.82) is 0 Å². The van der Waals surface area contributed by atoms with E-state index in [1.54, 1.807) is 25.1 Å². The zero-order valence-corrected chi connectivity index (χ0v) is 9.95. The molecule has 0 atom stereocenters. The SMILES string of the molecule is Cc1cc(N)ccc1NS(=O)(=O)c1cn[nH]c1. The molecule has 1 aromatic carbocycles. The van der Waals surface area contributed by atoms with Crippen LogP contribution in [0.1, 0.15) is 5.56 Å². The number of H-pyrrole nitrogens is 1. The molecule has 1 heterocycles. The van der Waals surface area contributed by atoms with E-state index in [0.717, 1.165) is 5.56 Å². The van der Waals surface area contributed by atoms with Crippen LogP contribution >= 0.6 is 0 Å². The van der Waals surface area contributed by atoms with Gasteiger partial charge in [-0.1, -0.05) is 0 Å². The Kier molecular flexibility index (Phi) is 2.76. The van der Waals surface area contributed by atoms with Crippen LogP contribution in [0.15, 0.2) is 35.5 Å². The fraction of sp³-hybridized carbons (Fsp3) is 0.100. The number of aromatic amines is 1. The summed E-state index contributed by atoms with van der Waals surface area (Å²) in [5.41, 5.74) is 7.45. The van der Waals surface area contributed by atoms with Crippen molar-refractivity contribution >= 4 is 21.4 Å². The second-order valence-electron chi connectivity index (χ2n) is 3.61. The number of nitrogens with two attached hydrogens (primary N) is 1. The number of nitrogen functional groups attached to an aromatic ring is 1. The first kappa shape index (κ1) is 11.5. The van der Waals surface area contributed by atoms with Crippen LogP contribution in [-0.4, -0.2) is 18.6 Å². The average Bonchev–Trinajstić information content (AvgIpc) is 2.76. The first-order valence-corrected chi connectivity index (χ1v) is 6.35. The minimum atomic E-state index is -3.59. The number of hydrogen-bond acceptors (Lipinski definition) is 4. The molecule has 4 N–H and O–H groups in total. The largest absolute Gasteiger partial charge is 0.399 e. The third-order valence-electron chi connectivity index (χ3n) is 2.28. The molecule has 0 fully saturated rings. The summed E-state index contributed by atoms with van der Waals surface area (Å²) in [6, 6.07) is 4.97. The van der Waals surface area contributed by atoms with Crippen LogP contribution in [0.25, 0.3) is 0 Å². The fourth-order valence-corrected chi connectivity index (χ4v) is 2.43. The minimum Gasteiger partial charge on any atom is -0.399 e. The van der Waals surface area contributed by atoms with Crippen molar-refractivity contribution in [3.63, 3.8) is 0 Å². The summed E-state index contributed by atoms with van der Waals surface area (Å²) in [6.07, 6.45) is 2.56. The number of aryl methyl sites for hydroxylation is 1. The lowest BCUT2D eigenvalue weighted by Crippen LogP contribution is -2.13. The Morgan fingerprint density at radius 2 is 2.18 bits per heavy atom. The molecule has 6 nitrogen and oxygen atoms in total. The molecule has 0 bridgehead atoms. The second-order valence-corrected chi connectivity index (χ2v) is 5.30. The third-order valence-corrected chi connectivity index (χ3v) is 3.61. The lowest BCUT2D eigenvalue weighted by atomic mass is 10.2. The van der Waals surface area contributed by atoms with E-state index in [1.807, 2.05) is 0 Å². The van der Waals surface area contributed by atoms with Crippen molar-refractivity contribution in [2.45, 2.75) is 11.8 Å². The molecule has 0 amide bonds. The van der Waals surface area contributed by atoms with Crippen LogP contribution in [0, 0.1) is 6.92 Å². The summed E-state index contributed by atoms with van der Waals surface area (Å²) in [5.74, 6) is 0. The van der Waals surface area contributed by atoms with Crippen LogP contribution in [0.2, 0.25) is 0 Å². The average molecular weight is 252 g/mol. The van der Waals surface area contributed by atoms with E-state index in [9.17, 15) is 8.42 Å². The molecule has 0 aliphatic rings. The molecule has 7 heteroatoms. The van der Waals surface area contributed by atoms with Gasteiger partial charge >= 0.3 is 0 Å². The van der Waals surface area contributed by atoms with Gasteiger partial charge in [-0.15, -0.1) is 0 Å². The molecule has 0 aliphatic heterocycles. The number of benzene rings is 1. The lowest BCUT2D eigenvalue weighted by molar-refractivity contribution is 0.601. The van der Waals surface area contributed by atoms with Gasteiger partial charge in [-0.2, -0.15) is 5.10 Å². The van der Waals surface area contributed by atoms with Gasteiger partial charge in [0.1, 0.15) is 4.90 Å². The molecule has 2 aromatic rings. The maximum Gasteiger partial charge on any atom is 0.265 e. The smallest absolute Gasteiger partial charge is 0.265 e. The Morgan fingerprint density at radius 1 is 1.41 bits per heavy atom. The van der Waals surface area contributed by atoms with Gasteiger partial charge in [0, 0.05) is 11.9 Å². The Labute approximate surface area is 98.9 Å². The second kappa shape index (κ2) is 4.10. The first-order chi connectivity index (χ1) is 7.99. The van der Waals surface area contributed by atoms with Crippen molar-refractivity contribution in [3.05, 3.63) is 36.2 Å². The van der Waals surface area contributed by atoms with Crippen molar-refractivity contribution in [2.75, 3.05) is 10.5 Å². The highest BCUT2D eigenvalue weighted by atomic mass is 32.2. The van der Waals surface area contributed by atoms with E-state index >= 15 is 0 Å². The van der Waals surface area contributed by atoms with Crippen molar-refractivity contribution in [2.24, 2.45) is 0 Å². The van der Waals surface area contributed by atoms with Gasteiger partial charge < -0.3 is 5.73 Å². The van der Waals surface area contributed by atoms with Gasteiger partial charge in [0.25, 0.3) is 10.0 Å². The van der Waals surface area contributed by atoms with Crippen LogP contribution in [0.4, 0.5) is 11.4 Å². The molecule has 2 rings (SSSR count). The molecule has 0 unspecified atom stereocenters. The maximum atomic E-state index is 11.9. The Morgan fingerprint density at radius 3 is 2.76 bits per heavy atom. The van der Waals surface area contributed by atoms with Crippen LogP contribution in [0.5, 0.6) is 0 Å². The summed E-state index contributed by atoms with van der Waals surface area (Å²) in [4.78, 5) is 0.0914. The van der Waals surface area contributed by atoms with Crippen molar-refractivity contribution in [3.8, 4) is 0 Å². The zero-order chi connectivity index (χ0) is 12.5. The number of sulfonamides is 1. The number of hydrogen-bond donors (Lipinski definition) is 3. The molecule has 1 aromatic heterocycles. The highest BCUT2D eigenvalue weighted by Gasteiger charge is 2.16. The summed E-state index contributed by atoms with van der Waals surface area (Å²) >= 11 is 0. The van der Waals surface area contributed by atoms with Gasteiger partial charge in [-0.05, 0) is 30.7 Å². The van der Waals surface area contributed by atoms with Gasteiger partial charge in [-0.3, -0.25) is 9.82 Å². The first-order valence-electron chi connectivity index (χ1n) is 4.87. The van der Waals surface area contributed by atoms with E-state index in [1.165, 1.54) is 12.4 Å². The minimum absolute atomic E-state index is 0.0914. The molecule has 0 saturated heterocycles. The quantitative estimate of drug-likeness (QED) is 0.712. The summed E-state index contributed by atoms with van der Waals surface area (Å²) in [6.45, 7) is 1.78. The van der Waals surface area contributed by atoms with Gasteiger partial charge in [-0.25, -0.2) is 8.42 Å². The van der Waals surface area contributed by atoms with Crippen LogP contribution in [-0.2, 0) is 10.0 Å². The fourth-order valence-electron chi connectivity index (χ4n) is 1.39. The molecule has 0 saturated carbocycles. The van der Waals surface area contributed by atoms with Gasteiger partial charge in [0.15, 0.2) is 0 Å². The van der Waals surface area contributed by atoms with Crippen LogP contribution in [0.3, 0.4) is 0 Å². The lowest BCUT2D eigenvalue weighted by Gasteiger charge is -2.09. The summed E-state index contributed by atoms with van der Waals surface area (Å²) < 4.78 is 26.3. The standard InChI is InChI=1S/C10H12N4O2S/c1-7-4-8(11)2-3-10(7)14-17(15,16)9-5-12-13-6-9/h2-6,14H,11H2,1H3,(H,12,13). The number of anilines is 2. The Hall–Kier alpha value is -2.02. The molecule has 90 valence electrons. The highest BCUT2D eigenvalue weighted by molar-refractivity contribution is 7.92. The van der Waals surface area contributed by atoms with Crippen LogP contribution < -0.4 is 10.5 Å². The monoisotopic (exact) mass is 252 g/mol. The van der Waals surface area contributed by atoms with E-state index in [4.69, 9.17) is 5.73 Å². The van der Waals surface area contributed by atoms with E-state index in [0.29, 0.717) is 11.4 Å². The van der Waals surface area contributed by atoms with Gasteiger partial charge in [0.05, 0.1) is 11.9 Å². The highest BCUT2D eigenvalue weighted by Crippen LogP contribution is 2.21. The zero-order valence-electron chi connectivity index (χ0n) is 9.14. The Balaban J connectivity index is 2.33. The maximum absolute atomic E-state index is 11.9. The van der Waals surface area contributed by atoms with E-state index < -0.39 is 10.0 Å². The Bertz CT molecular complexity index is 620. The number of aromatic nitrogens is 2. The van der Waals surface area contributed by atoms with E-state index in [-0.39, 0.29) is 4.90 Å². The molecular formula is C10H12N4O2S. The molecule has 0 radical (unpaired) electrons. The molecule has 0 spiro atoms.